The molecule has 8 heteroatoms. The Bertz CT molecular complexity index is 3510. The van der Waals surface area contributed by atoms with Gasteiger partial charge in [0.2, 0.25) is 0 Å². The molecule has 0 saturated heterocycles. The quantitative estimate of drug-likeness (QED) is 0.157. The van der Waals surface area contributed by atoms with Crippen molar-refractivity contribution in [1.82, 2.24) is 29.1 Å². The highest BCUT2D eigenvalue weighted by molar-refractivity contribution is 6.12. The normalized spacial score (nSPS) is 11.3. The molecular weight excluding hydrogens is 737 g/mol. The lowest BCUT2D eigenvalue weighted by atomic mass is 10.00. The third kappa shape index (κ3) is 5.60. The van der Waals surface area contributed by atoms with Gasteiger partial charge in [0.15, 0.2) is 23.2 Å². The van der Waals surface area contributed by atoms with Gasteiger partial charge in [-0.2, -0.15) is 5.26 Å². The molecule has 0 atom stereocenters. The van der Waals surface area contributed by atoms with Gasteiger partial charge in [-0.3, -0.25) is 4.98 Å². The molecule has 4 aromatic heterocycles. The van der Waals surface area contributed by atoms with Gasteiger partial charge in [-0.25, -0.2) is 19.8 Å². The SMILES string of the molecule is [C-]#[N+]c1ccc2c(c1)c1ccccc1n2-c1cc(-c2nc(-c3ccccc3)nc(-c3ccccc3)n2)ccc1-c1cnccc1-n1c2ccccc2c2cc(C#N)ccc21. The Morgan fingerprint density at radius 3 is 1.65 bits per heavy atom. The summed E-state index contributed by atoms with van der Waals surface area (Å²) in [5.41, 5.74) is 11.4. The number of pyridine rings is 1. The average Bonchev–Trinajstić information content (AvgIpc) is 3.83. The van der Waals surface area contributed by atoms with Crippen LogP contribution in [0.4, 0.5) is 5.69 Å². The van der Waals surface area contributed by atoms with Crippen LogP contribution in [0.5, 0.6) is 0 Å². The molecule has 0 spiro atoms. The minimum Gasteiger partial charge on any atom is -0.309 e. The number of hydrogen-bond acceptors (Lipinski definition) is 5. The number of nitrogens with zero attached hydrogens (tertiary/aromatic N) is 8. The van der Waals surface area contributed by atoms with E-state index in [0.29, 0.717) is 28.7 Å². The molecule has 0 fully saturated rings. The maximum absolute atomic E-state index is 9.84. The molecule has 4 heterocycles. The molecule has 7 aromatic carbocycles. The molecule has 60 heavy (non-hydrogen) atoms. The summed E-state index contributed by atoms with van der Waals surface area (Å²) in [7, 11) is 0. The van der Waals surface area contributed by atoms with Gasteiger partial charge in [0.05, 0.1) is 51.6 Å². The van der Waals surface area contributed by atoms with Crippen LogP contribution >= 0.6 is 0 Å². The zero-order valence-electron chi connectivity index (χ0n) is 31.9. The first-order valence-corrected chi connectivity index (χ1v) is 19.5. The van der Waals surface area contributed by atoms with Crippen LogP contribution in [-0.2, 0) is 0 Å². The molecule has 11 rings (SSSR count). The number of rotatable bonds is 6. The van der Waals surface area contributed by atoms with Gasteiger partial charge < -0.3 is 9.13 Å². The Labute approximate surface area is 344 Å². The van der Waals surface area contributed by atoms with Crippen LogP contribution in [0.3, 0.4) is 0 Å². The first-order valence-electron chi connectivity index (χ1n) is 19.5. The van der Waals surface area contributed by atoms with Crippen molar-refractivity contribution in [3.63, 3.8) is 0 Å². The monoisotopic (exact) mass is 766 g/mol. The van der Waals surface area contributed by atoms with Crippen molar-refractivity contribution in [2.75, 3.05) is 0 Å². The summed E-state index contributed by atoms with van der Waals surface area (Å²) in [6.07, 6.45) is 3.75. The van der Waals surface area contributed by atoms with Crippen LogP contribution in [-0.4, -0.2) is 29.1 Å². The zero-order valence-corrected chi connectivity index (χ0v) is 31.9. The van der Waals surface area contributed by atoms with Crippen LogP contribution < -0.4 is 0 Å². The highest BCUT2D eigenvalue weighted by Gasteiger charge is 2.22. The Kier molecular flexibility index (Phi) is 8.07. The fraction of sp³-hybridized carbons (Fsp3) is 0. The standard InChI is InChI=1S/C52H30N8/c1-54-37-22-25-47-42(30-37)39-17-9-11-19-45(39)60(47)49-29-36(52-57-50(34-12-4-2-5-13-34)56-51(58-52)35-14-6-3-7-15-35)21-23-40(49)43-32-55-27-26-48(43)59-44-18-10-8-16-38(44)41-28-33(31-53)20-24-46(41)59/h2-30,32H. The minimum absolute atomic E-state index is 0.536. The highest BCUT2D eigenvalue weighted by Crippen LogP contribution is 2.42. The number of hydrogen-bond donors (Lipinski definition) is 0. The van der Waals surface area contributed by atoms with Gasteiger partial charge in [0, 0.05) is 56.4 Å². The lowest BCUT2D eigenvalue weighted by Gasteiger charge is -2.19. The minimum atomic E-state index is 0.536. The third-order valence-electron chi connectivity index (χ3n) is 11.1. The lowest BCUT2D eigenvalue weighted by Crippen LogP contribution is -2.04. The van der Waals surface area contributed by atoms with Gasteiger partial charge in [-0.15, -0.1) is 0 Å². The summed E-state index contributed by atoms with van der Waals surface area (Å²) >= 11 is 0. The van der Waals surface area contributed by atoms with E-state index in [1.54, 1.807) is 0 Å². The van der Waals surface area contributed by atoms with Crippen LogP contribution in [0.25, 0.3) is 105 Å². The summed E-state index contributed by atoms with van der Waals surface area (Å²) in [6.45, 7) is 7.83. The van der Waals surface area contributed by atoms with Gasteiger partial charge in [0.25, 0.3) is 0 Å². The van der Waals surface area contributed by atoms with E-state index in [-0.39, 0.29) is 0 Å². The van der Waals surface area contributed by atoms with Crippen molar-refractivity contribution < 1.29 is 0 Å². The van der Waals surface area contributed by atoms with Crippen molar-refractivity contribution in [2.24, 2.45) is 0 Å². The summed E-state index contributed by atoms with van der Waals surface area (Å²) < 4.78 is 4.54. The number of benzene rings is 7. The van der Waals surface area contributed by atoms with Crippen molar-refractivity contribution >= 4 is 49.3 Å². The van der Waals surface area contributed by atoms with Crippen LogP contribution in [0.15, 0.2) is 182 Å². The number of aromatic nitrogens is 6. The van der Waals surface area contributed by atoms with Crippen molar-refractivity contribution in [3.05, 3.63) is 199 Å². The predicted octanol–water partition coefficient (Wildman–Crippen LogP) is 12.6. The number of nitriles is 1. The maximum Gasteiger partial charge on any atom is 0.188 e. The molecule has 0 unspecified atom stereocenters. The summed E-state index contributed by atoms with van der Waals surface area (Å²) in [5.74, 6) is 1.69. The largest absolute Gasteiger partial charge is 0.309 e. The Hall–Kier alpha value is -8.72. The molecule has 0 amide bonds. The van der Waals surface area contributed by atoms with Crippen molar-refractivity contribution in [2.45, 2.75) is 0 Å². The number of fused-ring (bicyclic) bond motifs is 6. The van der Waals surface area contributed by atoms with E-state index in [1.807, 2.05) is 134 Å². The van der Waals surface area contributed by atoms with E-state index in [1.165, 1.54) is 0 Å². The zero-order chi connectivity index (χ0) is 40.2. The topological polar surface area (TPSA) is 89.6 Å². The van der Waals surface area contributed by atoms with Gasteiger partial charge in [0.1, 0.15) is 0 Å². The molecular formula is C52H30N8. The molecule has 0 N–H and O–H groups in total. The van der Waals surface area contributed by atoms with E-state index in [9.17, 15) is 5.26 Å². The van der Waals surface area contributed by atoms with Gasteiger partial charge >= 0.3 is 0 Å². The Balaban J connectivity index is 1.22. The molecule has 278 valence electrons. The molecule has 0 aliphatic heterocycles. The van der Waals surface area contributed by atoms with E-state index in [0.717, 1.165) is 82.8 Å². The maximum atomic E-state index is 9.84. The fourth-order valence-electron chi connectivity index (χ4n) is 8.40. The first-order chi connectivity index (χ1) is 29.7. The van der Waals surface area contributed by atoms with Gasteiger partial charge in [-0.05, 0) is 60.0 Å². The molecule has 0 saturated carbocycles. The van der Waals surface area contributed by atoms with E-state index in [4.69, 9.17) is 26.5 Å². The van der Waals surface area contributed by atoms with Crippen LogP contribution in [0.2, 0.25) is 0 Å². The van der Waals surface area contributed by atoms with Crippen molar-refractivity contribution in [1.29, 1.82) is 5.26 Å². The van der Waals surface area contributed by atoms with Crippen LogP contribution in [0, 0.1) is 17.9 Å². The fourth-order valence-corrected chi connectivity index (χ4v) is 8.40. The van der Waals surface area contributed by atoms with E-state index < -0.39 is 0 Å². The molecule has 11 aromatic rings. The van der Waals surface area contributed by atoms with Gasteiger partial charge in [-0.1, -0.05) is 115 Å². The Morgan fingerprint density at radius 2 is 1.02 bits per heavy atom. The molecule has 8 nitrogen and oxygen atoms in total. The summed E-state index contributed by atoms with van der Waals surface area (Å²) in [4.78, 5) is 23.7. The smallest absolute Gasteiger partial charge is 0.188 e. The molecule has 0 aliphatic carbocycles. The second-order valence-electron chi connectivity index (χ2n) is 14.5. The lowest BCUT2D eigenvalue weighted by molar-refractivity contribution is 1.07. The Morgan fingerprint density at radius 1 is 0.467 bits per heavy atom. The van der Waals surface area contributed by atoms with Crippen molar-refractivity contribution in [3.8, 4) is 62.7 Å². The third-order valence-corrected chi connectivity index (χ3v) is 11.1. The summed E-state index contributed by atoms with van der Waals surface area (Å²) in [5, 5.41) is 13.9. The predicted molar refractivity (Wildman–Crippen MR) is 239 cm³/mol. The second kappa shape index (κ2) is 14.0. The molecule has 0 bridgehead atoms. The number of para-hydroxylation sites is 2. The van der Waals surface area contributed by atoms with E-state index >= 15 is 0 Å². The highest BCUT2D eigenvalue weighted by atomic mass is 15.0. The molecule has 0 radical (unpaired) electrons. The van der Waals surface area contributed by atoms with Crippen LogP contribution in [0.1, 0.15) is 5.56 Å². The second-order valence-corrected chi connectivity index (χ2v) is 14.5. The first kappa shape index (κ1) is 34.5. The molecule has 0 aliphatic rings. The average molecular weight is 767 g/mol. The summed E-state index contributed by atoms with van der Waals surface area (Å²) in [6, 6.07) is 59.1. The van der Waals surface area contributed by atoms with E-state index in [2.05, 4.69) is 68.6 Å².